The number of aryl methyl sites for hydroxylation is 2. The van der Waals surface area contributed by atoms with Crippen LogP contribution >= 0.6 is 0 Å². The van der Waals surface area contributed by atoms with E-state index in [4.69, 9.17) is 5.11 Å². The van der Waals surface area contributed by atoms with E-state index in [-0.39, 0.29) is 11.9 Å². The maximum Gasteiger partial charge on any atom is 0.310 e. The minimum absolute atomic E-state index is 0.249. The van der Waals surface area contributed by atoms with Gasteiger partial charge in [0.1, 0.15) is 0 Å². The molecule has 1 heterocycles. The standard InChI is InChI=1S/C13H15N3O3/c1-7-5-11(8(2)16-15-7)12(17)14-10-4-3-9(6-10)13(18)19/h3-5,9-10H,6H2,1-2H3,(H,14,17)(H,18,19). The first-order valence-corrected chi connectivity index (χ1v) is 6.00. The van der Waals surface area contributed by atoms with Gasteiger partial charge in [-0.3, -0.25) is 9.59 Å². The van der Waals surface area contributed by atoms with Crippen LogP contribution in [0.2, 0.25) is 0 Å². The molecule has 1 amide bonds. The highest BCUT2D eigenvalue weighted by molar-refractivity contribution is 5.95. The molecule has 0 saturated heterocycles. The van der Waals surface area contributed by atoms with Crippen LogP contribution in [0.1, 0.15) is 28.2 Å². The average Bonchev–Trinajstić information content (AvgIpc) is 2.80. The van der Waals surface area contributed by atoms with E-state index in [1.54, 1.807) is 32.1 Å². The van der Waals surface area contributed by atoms with Crippen molar-refractivity contribution >= 4 is 11.9 Å². The normalized spacial score (nSPS) is 21.4. The quantitative estimate of drug-likeness (QED) is 0.787. The average molecular weight is 261 g/mol. The summed E-state index contributed by atoms with van der Waals surface area (Å²) in [5.41, 5.74) is 1.70. The van der Waals surface area contributed by atoms with Crippen LogP contribution in [0.5, 0.6) is 0 Å². The highest BCUT2D eigenvalue weighted by atomic mass is 16.4. The number of nitrogens with zero attached hydrogens (tertiary/aromatic N) is 2. The number of hydrogen-bond acceptors (Lipinski definition) is 4. The van der Waals surface area contributed by atoms with E-state index in [0.717, 1.165) is 0 Å². The van der Waals surface area contributed by atoms with Crippen LogP contribution < -0.4 is 5.32 Å². The van der Waals surface area contributed by atoms with Crippen molar-refractivity contribution in [3.8, 4) is 0 Å². The molecule has 0 fully saturated rings. The van der Waals surface area contributed by atoms with E-state index in [1.807, 2.05) is 0 Å². The number of nitrogens with one attached hydrogen (secondary N) is 1. The first kappa shape index (κ1) is 13.2. The van der Waals surface area contributed by atoms with Gasteiger partial charge in [0.05, 0.1) is 22.9 Å². The summed E-state index contributed by atoms with van der Waals surface area (Å²) < 4.78 is 0. The minimum Gasteiger partial charge on any atom is -0.481 e. The van der Waals surface area contributed by atoms with Crippen LogP contribution in [0.3, 0.4) is 0 Å². The Morgan fingerprint density at radius 2 is 2.05 bits per heavy atom. The molecule has 6 heteroatoms. The third kappa shape index (κ3) is 2.96. The summed E-state index contributed by atoms with van der Waals surface area (Å²) >= 11 is 0. The van der Waals surface area contributed by atoms with Crippen molar-refractivity contribution in [2.45, 2.75) is 26.3 Å². The SMILES string of the molecule is Cc1cc(C(=O)NC2C=CC(C(=O)O)C2)c(C)nn1. The number of amides is 1. The second-order valence-corrected chi connectivity index (χ2v) is 4.63. The Morgan fingerprint density at radius 1 is 1.32 bits per heavy atom. The molecule has 1 aliphatic carbocycles. The van der Waals surface area contributed by atoms with Gasteiger partial charge in [-0.15, -0.1) is 0 Å². The van der Waals surface area contributed by atoms with E-state index >= 15 is 0 Å². The molecule has 0 spiro atoms. The Hall–Kier alpha value is -2.24. The number of carbonyl (C=O) groups excluding carboxylic acids is 1. The summed E-state index contributed by atoms with van der Waals surface area (Å²) in [6.45, 7) is 3.48. The Balaban J connectivity index is 2.05. The molecular weight excluding hydrogens is 246 g/mol. The van der Waals surface area contributed by atoms with Gasteiger partial charge in [0.25, 0.3) is 5.91 Å². The maximum atomic E-state index is 12.1. The van der Waals surface area contributed by atoms with E-state index in [0.29, 0.717) is 23.4 Å². The van der Waals surface area contributed by atoms with E-state index in [1.165, 1.54) is 0 Å². The lowest BCUT2D eigenvalue weighted by Crippen LogP contribution is -2.34. The van der Waals surface area contributed by atoms with Crippen molar-refractivity contribution in [1.29, 1.82) is 0 Å². The summed E-state index contributed by atoms with van der Waals surface area (Å²) in [7, 11) is 0. The molecule has 2 unspecified atom stereocenters. The first-order valence-electron chi connectivity index (χ1n) is 6.00. The van der Waals surface area contributed by atoms with Gasteiger partial charge in [0.15, 0.2) is 0 Å². The summed E-state index contributed by atoms with van der Waals surface area (Å²) in [6.07, 6.45) is 3.71. The molecule has 6 nitrogen and oxygen atoms in total. The lowest BCUT2D eigenvalue weighted by Gasteiger charge is -2.13. The zero-order chi connectivity index (χ0) is 14.0. The monoisotopic (exact) mass is 261 g/mol. The van der Waals surface area contributed by atoms with Gasteiger partial charge in [0, 0.05) is 6.04 Å². The van der Waals surface area contributed by atoms with Crippen molar-refractivity contribution in [3.63, 3.8) is 0 Å². The largest absolute Gasteiger partial charge is 0.481 e. The summed E-state index contributed by atoms with van der Waals surface area (Å²) in [6, 6.07) is 1.42. The highest BCUT2D eigenvalue weighted by Gasteiger charge is 2.26. The molecular formula is C13H15N3O3. The van der Waals surface area contributed by atoms with Gasteiger partial charge in [-0.2, -0.15) is 10.2 Å². The summed E-state index contributed by atoms with van der Waals surface area (Å²) in [5.74, 6) is -1.65. The molecule has 1 aliphatic rings. The van der Waals surface area contributed by atoms with Crippen molar-refractivity contribution in [2.75, 3.05) is 0 Å². The number of hydrogen-bond donors (Lipinski definition) is 2. The fourth-order valence-corrected chi connectivity index (χ4v) is 2.02. The number of aromatic nitrogens is 2. The third-order valence-corrected chi connectivity index (χ3v) is 3.06. The van der Waals surface area contributed by atoms with Gasteiger partial charge >= 0.3 is 5.97 Å². The maximum absolute atomic E-state index is 12.1. The van der Waals surface area contributed by atoms with Crippen LogP contribution in [-0.2, 0) is 4.79 Å². The number of carbonyl (C=O) groups is 2. The highest BCUT2D eigenvalue weighted by Crippen LogP contribution is 2.18. The second-order valence-electron chi connectivity index (χ2n) is 4.63. The topological polar surface area (TPSA) is 92.2 Å². The molecule has 1 aromatic rings. The Labute approximate surface area is 110 Å². The smallest absolute Gasteiger partial charge is 0.310 e. The summed E-state index contributed by atoms with van der Waals surface area (Å²) in [5, 5.41) is 19.4. The Bertz CT molecular complexity index is 554. The molecule has 0 bridgehead atoms. The van der Waals surface area contributed by atoms with Crippen molar-refractivity contribution in [1.82, 2.24) is 15.5 Å². The van der Waals surface area contributed by atoms with Crippen molar-refractivity contribution < 1.29 is 14.7 Å². The fraction of sp³-hybridized carbons (Fsp3) is 0.385. The van der Waals surface area contributed by atoms with Crippen molar-refractivity contribution in [3.05, 3.63) is 35.2 Å². The lowest BCUT2D eigenvalue weighted by molar-refractivity contribution is -0.140. The molecule has 2 N–H and O–H groups in total. The van der Waals surface area contributed by atoms with Crippen LogP contribution in [-0.4, -0.2) is 33.2 Å². The molecule has 0 aromatic carbocycles. The molecule has 100 valence electrons. The predicted molar refractivity (Wildman–Crippen MR) is 67.6 cm³/mol. The lowest BCUT2D eigenvalue weighted by atomic mass is 10.1. The van der Waals surface area contributed by atoms with Gasteiger partial charge in [-0.25, -0.2) is 0 Å². The molecule has 2 rings (SSSR count). The minimum atomic E-state index is -0.870. The van der Waals surface area contributed by atoms with Crippen LogP contribution in [0.4, 0.5) is 0 Å². The molecule has 0 saturated carbocycles. The number of carboxylic acid groups (broad SMARTS) is 1. The summed E-state index contributed by atoms with van der Waals surface area (Å²) in [4.78, 5) is 22.9. The van der Waals surface area contributed by atoms with Gasteiger partial charge in [-0.05, 0) is 26.3 Å². The van der Waals surface area contributed by atoms with Gasteiger partial charge in [0.2, 0.25) is 0 Å². The first-order chi connectivity index (χ1) is 8.97. The Morgan fingerprint density at radius 3 is 2.68 bits per heavy atom. The number of rotatable bonds is 3. The predicted octanol–water partition coefficient (Wildman–Crippen LogP) is 0.853. The van der Waals surface area contributed by atoms with Crippen LogP contribution in [0, 0.1) is 19.8 Å². The molecule has 2 atom stereocenters. The second kappa shape index (κ2) is 5.17. The van der Waals surface area contributed by atoms with Crippen LogP contribution in [0.15, 0.2) is 18.2 Å². The number of aliphatic carboxylic acids is 1. The fourth-order valence-electron chi connectivity index (χ4n) is 2.02. The zero-order valence-corrected chi connectivity index (χ0v) is 10.8. The van der Waals surface area contributed by atoms with Crippen LogP contribution in [0.25, 0.3) is 0 Å². The van der Waals surface area contributed by atoms with E-state index in [2.05, 4.69) is 15.5 Å². The molecule has 1 aromatic heterocycles. The van der Waals surface area contributed by atoms with Gasteiger partial charge < -0.3 is 10.4 Å². The van der Waals surface area contributed by atoms with Crippen molar-refractivity contribution in [2.24, 2.45) is 5.92 Å². The zero-order valence-electron chi connectivity index (χ0n) is 10.8. The molecule has 0 radical (unpaired) electrons. The molecule has 19 heavy (non-hydrogen) atoms. The van der Waals surface area contributed by atoms with E-state index < -0.39 is 11.9 Å². The third-order valence-electron chi connectivity index (χ3n) is 3.06. The number of carboxylic acids is 1. The van der Waals surface area contributed by atoms with Gasteiger partial charge in [-0.1, -0.05) is 12.2 Å². The Kier molecular flexibility index (Phi) is 3.59. The van der Waals surface area contributed by atoms with E-state index in [9.17, 15) is 9.59 Å². The molecule has 0 aliphatic heterocycles.